The molecule has 1 aromatic carbocycles. The number of methoxy groups -OCH3 is 1. The Balaban J connectivity index is 2.15. The Morgan fingerprint density at radius 3 is 2.71 bits per heavy atom. The summed E-state index contributed by atoms with van der Waals surface area (Å²) in [5, 5.41) is 0. The minimum atomic E-state index is -0.289. The molecule has 1 aliphatic rings. The zero-order valence-corrected chi connectivity index (χ0v) is 9.99. The normalized spacial score (nSPS) is 19.0. The molecule has 0 saturated carbocycles. The first kappa shape index (κ1) is 12.3. The molecule has 1 heterocycles. The van der Waals surface area contributed by atoms with Crippen LogP contribution < -0.4 is 10.5 Å². The molecule has 17 heavy (non-hydrogen) atoms. The van der Waals surface area contributed by atoms with Gasteiger partial charge in [-0.05, 0) is 24.8 Å². The van der Waals surface area contributed by atoms with Crippen molar-refractivity contribution >= 4 is 0 Å². The molecule has 1 aromatic rings. The van der Waals surface area contributed by atoms with Gasteiger partial charge in [0.2, 0.25) is 0 Å². The summed E-state index contributed by atoms with van der Waals surface area (Å²) in [6.45, 7) is 1.44. The Bertz CT molecular complexity index is 378. The maximum absolute atomic E-state index is 13.9. The van der Waals surface area contributed by atoms with Crippen molar-refractivity contribution in [2.24, 2.45) is 11.7 Å². The van der Waals surface area contributed by atoms with E-state index in [4.69, 9.17) is 15.2 Å². The van der Waals surface area contributed by atoms with Crippen molar-refractivity contribution in [1.29, 1.82) is 0 Å². The van der Waals surface area contributed by atoms with Gasteiger partial charge in [0.05, 0.1) is 7.11 Å². The first-order valence-electron chi connectivity index (χ1n) is 5.89. The van der Waals surface area contributed by atoms with E-state index in [0.29, 0.717) is 17.2 Å². The van der Waals surface area contributed by atoms with Crippen LogP contribution in [0, 0.1) is 11.7 Å². The van der Waals surface area contributed by atoms with Gasteiger partial charge in [-0.1, -0.05) is 6.07 Å². The number of ether oxygens (including phenoxy) is 2. The summed E-state index contributed by atoms with van der Waals surface area (Å²) < 4.78 is 24.1. The molecular weight excluding hydrogens is 221 g/mol. The Kier molecular flexibility index (Phi) is 3.97. The van der Waals surface area contributed by atoms with Crippen molar-refractivity contribution in [1.82, 2.24) is 0 Å². The molecule has 3 nitrogen and oxygen atoms in total. The molecule has 0 amide bonds. The fourth-order valence-electron chi connectivity index (χ4n) is 2.23. The Hall–Kier alpha value is -1.13. The number of halogens is 1. The zero-order valence-electron chi connectivity index (χ0n) is 9.99. The van der Waals surface area contributed by atoms with Crippen LogP contribution in [0.15, 0.2) is 18.2 Å². The highest BCUT2D eigenvalue weighted by Gasteiger charge is 2.24. The van der Waals surface area contributed by atoms with Crippen molar-refractivity contribution in [2.75, 3.05) is 20.3 Å². The first-order valence-corrected chi connectivity index (χ1v) is 5.89. The minimum Gasteiger partial charge on any atom is -0.497 e. The van der Waals surface area contributed by atoms with Crippen LogP contribution in [-0.2, 0) is 4.74 Å². The summed E-state index contributed by atoms with van der Waals surface area (Å²) in [7, 11) is 1.52. The fourth-order valence-corrected chi connectivity index (χ4v) is 2.23. The van der Waals surface area contributed by atoms with E-state index < -0.39 is 0 Å². The molecule has 1 saturated heterocycles. The van der Waals surface area contributed by atoms with Gasteiger partial charge in [0.25, 0.3) is 0 Å². The molecule has 2 N–H and O–H groups in total. The van der Waals surface area contributed by atoms with E-state index in [1.807, 2.05) is 0 Å². The summed E-state index contributed by atoms with van der Waals surface area (Å²) in [4.78, 5) is 0. The van der Waals surface area contributed by atoms with Crippen LogP contribution in [-0.4, -0.2) is 20.3 Å². The Morgan fingerprint density at radius 1 is 1.41 bits per heavy atom. The lowest BCUT2D eigenvalue weighted by Crippen LogP contribution is -2.28. The second kappa shape index (κ2) is 5.47. The summed E-state index contributed by atoms with van der Waals surface area (Å²) in [5.74, 6) is 0.528. The van der Waals surface area contributed by atoms with Crippen molar-refractivity contribution in [3.05, 3.63) is 29.6 Å². The smallest absolute Gasteiger partial charge is 0.131 e. The number of rotatable bonds is 3. The van der Waals surface area contributed by atoms with E-state index in [-0.39, 0.29) is 11.9 Å². The van der Waals surface area contributed by atoms with E-state index in [0.717, 1.165) is 26.1 Å². The van der Waals surface area contributed by atoms with E-state index in [9.17, 15) is 4.39 Å². The van der Waals surface area contributed by atoms with E-state index in [1.54, 1.807) is 12.1 Å². The summed E-state index contributed by atoms with van der Waals surface area (Å²) in [5.41, 5.74) is 6.69. The molecular formula is C13H18FNO2. The Morgan fingerprint density at radius 2 is 2.12 bits per heavy atom. The molecule has 0 spiro atoms. The quantitative estimate of drug-likeness (QED) is 0.880. The second-order valence-corrected chi connectivity index (χ2v) is 4.36. The molecule has 1 unspecified atom stereocenters. The average molecular weight is 239 g/mol. The third-order valence-electron chi connectivity index (χ3n) is 3.34. The molecule has 4 heteroatoms. The van der Waals surface area contributed by atoms with Gasteiger partial charge in [0, 0.05) is 30.9 Å². The lowest BCUT2D eigenvalue weighted by Gasteiger charge is -2.28. The molecule has 2 rings (SSSR count). The largest absolute Gasteiger partial charge is 0.497 e. The summed E-state index contributed by atoms with van der Waals surface area (Å²) in [6.07, 6.45) is 1.79. The maximum Gasteiger partial charge on any atom is 0.131 e. The topological polar surface area (TPSA) is 44.5 Å². The fraction of sp³-hybridized carbons (Fsp3) is 0.538. The molecule has 1 fully saturated rings. The van der Waals surface area contributed by atoms with Crippen molar-refractivity contribution in [3.63, 3.8) is 0 Å². The Labute approximate surface area is 101 Å². The number of hydrogen-bond donors (Lipinski definition) is 1. The van der Waals surface area contributed by atoms with Gasteiger partial charge < -0.3 is 15.2 Å². The van der Waals surface area contributed by atoms with Gasteiger partial charge in [-0.25, -0.2) is 4.39 Å². The molecule has 0 aromatic heterocycles. The van der Waals surface area contributed by atoms with Crippen LogP contribution >= 0.6 is 0 Å². The lowest BCUT2D eigenvalue weighted by atomic mass is 9.87. The number of nitrogens with two attached hydrogens (primary N) is 1. The number of benzene rings is 1. The molecule has 0 bridgehead atoms. The van der Waals surface area contributed by atoms with E-state index >= 15 is 0 Å². The van der Waals surface area contributed by atoms with Gasteiger partial charge in [-0.15, -0.1) is 0 Å². The minimum absolute atomic E-state index is 0.259. The van der Waals surface area contributed by atoms with Crippen LogP contribution in [0.1, 0.15) is 24.4 Å². The second-order valence-electron chi connectivity index (χ2n) is 4.36. The van der Waals surface area contributed by atoms with Crippen molar-refractivity contribution in [3.8, 4) is 5.75 Å². The summed E-state index contributed by atoms with van der Waals surface area (Å²) >= 11 is 0. The lowest BCUT2D eigenvalue weighted by molar-refractivity contribution is 0.0580. The zero-order chi connectivity index (χ0) is 12.3. The highest BCUT2D eigenvalue weighted by atomic mass is 19.1. The average Bonchev–Trinajstić information content (AvgIpc) is 2.39. The van der Waals surface area contributed by atoms with Gasteiger partial charge >= 0.3 is 0 Å². The van der Waals surface area contributed by atoms with Crippen molar-refractivity contribution in [2.45, 2.75) is 18.9 Å². The molecule has 94 valence electrons. The number of hydrogen-bond acceptors (Lipinski definition) is 3. The highest BCUT2D eigenvalue weighted by molar-refractivity contribution is 5.31. The monoisotopic (exact) mass is 239 g/mol. The van der Waals surface area contributed by atoms with Crippen LogP contribution in [0.4, 0.5) is 4.39 Å². The first-order chi connectivity index (χ1) is 8.22. The predicted molar refractivity (Wildman–Crippen MR) is 63.4 cm³/mol. The SMILES string of the molecule is COc1ccc(C(N)C2CCOCC2)c(F)c1. The molecule has 0 aliphatic carbocycles. The van der Waals surface area contributed by atoms with Gasteiger partial charge in [0.1, 0.15) is 11.6 Å². The van der Waals surface area contributed by atoms with Crippen LogP contribution in [0.3, 0.4) is 0 Å². The maximum atomic E-state index is 13.9. The highest BCUT2D eigenvalue weighted by Crippen LogP contribution is 2.30. The third-order valence-corrected chi connectivity index (χ3v) is 3.34. The molecule has 0 radical (unpaired) electrons. The van der Waals surface area contributed by atoms with Crippen molar-refractivity contribution < 1.29 is 13.9 Å². The standard InChI is InChI=1S/C13H18FNO2/c1-16-10-2-3-11(12(14)8-10)13(15)9-4-6-17-7-5-9/h2-3,8-9,13H,4-7,15H2,1H3. The predicted octanol–water partition coefficient (Wildman–Crippen LogP) is 2.26. The van der Waals surface area contributed by atoms with E-state index in [1.165, 1.54) is 13.2 Å². The van der Waals surface area contributed by atoms with E-state index in [2.05, 4.69) is 0 Å². The summed E-state index contributed by atoms with van der Waals surface area (Å²) in [6, 6.07) is 4.59. The molecule has 1 atom stereocenters. The third kappa shape index (κ3) is 2.76. The van der Waals surface area contributed by atoms with Gasteiger partial charge in [-0.2, -0.15) is 0 Å². The molecule has 1 aliphatic heterocycles. The van der Waals surface area contributed by atoms with Gasteiger partial charge in [-0.3, -0.25) is 0 Å². The van der Waals surface area contributed by atoms with Gasteiger partial charge in [0.15, 0.2) is 0 Å². The van der Waals surface area contributed by atoms with Crippen LogP contribution in [0.5, 0.6) is 5.75 Å². The van der Waals surface area contributed by atoms with Crippen LogP contribution in [0.25, 0.3) is 0 Å². The van der Waals surface area contributed by atoms with Crippen LogP contribution in [0.2, 0.25) is 0 Å².